The van der Waals surface area contributed by atoms with Crippen LogP contribution in [-0.4, -0.2) is 161 Å². The quantitative estimate of drug-likeness (QED) is 0.159. The second-order valence-corrected chi connectivity index (χ2v) is 15.0. The number of ether oxygens (including phenoxy) is 7. The minimum absolute atomic E-state index is 0.0455. The number of cyclic esters (lactones) is 1. The molecule has 0 saturated carbocycles. The molecule has 3 rings (SSSR count). The fraction of sp³-hybridized carbons (Fsp3) is 0.811. The summed E-state index contributed by atoms with van der Waals surface area (Å²) in [5, 5.41) is 54.7. The van der Waals surface area contributed by atoms with Gasteiger partial charge in [-0.3, -0.25) is 9.59 Å². The van der Waals surface area contributed by atoms with Crippen molar-refractivity contribution in [1.29, 1.82) is 0 Å². The van der Waals surface area contributed by atoms with E-state index in [0.717, 1.165) is 6.92 Å². The highest BCUT2D eigenvalue weighted by Crippen LogP contribution is 2.37. The predicted octanol–water partition coefficient (Wildman–Crippen LogP) is 0.387. The van der Waals surface area contributed by atoms with E-state index < -0.39 is 122 Å². The molecule has 0 amide bonds. The lowest BCUT2D eigenvalue weighted by Gasteiger charge is -2.50. The zero-order valence-electron chi connectivity index (χ0n) is 32.2. The van der Waals surface area contributed by atoms with Gasteiger partial charge < -0.3 is 68.4 Å². The van der Waals surface area contributed by atoms with Gasteiger partial charge in [-0.2, -0.15) is 0 Å². The summed E-state index contributed by atoms with van der Waals surface area (Å²) in [6.45, 7) is 9.25. The molecule has 0 aromatic rings. The standard InChI is InChI=1S/C37H61NO15/c1-19-16-24(14-15-39)33(34(47-9)27(51-23(5)40)17-28(43)48-20(2)26(42)13-11-10-12-25(19)41)53-36-31(44)30(38(7)8)32(21(3)50-36)52-29-18-37(6,46)35(45)22(4)49-29/h10-13,15,19-22,24-27,29-36,41-42,44-46H,14,16-18H2,1-9H3/b12-10+,13-11+/t19-,20?,21?,22?,24+,25?,26?,27-,29?,30?,31?,32?,33+,34+,35?,36?,37?/m1/s1. The number of methoxy groups -OCH3 is 1. The largest absolute Gasteiger partial charge is 0.459 e. The number of esters is 2. The van der Waals surface area contributed by atoms with Gasteiger partial charge in [0.2, 0.25) is 0 Å². The van der Waals surface area contributed by atoms with Gasteiger partial charge in [0.1, 0.15) is 49.0 Å². The van der Waals surface area contributed by atoms with E-state index >= 15 is 0 Å². The summed E-state index contributed by atoms with van der Waals surface area (Å²) in [4.78, 5) is 39.5. The number of hydrogen-bond acceptors (Lipinski definition) is 16. The minimum Gasteiger partial charge on any atom is -0.459 e. The zero-order chi connectivity index (χ0) is 39.8. The number of aliphatic hydroxyl groups excluding tert-OH is 4. The van der Waals surface area contributed by atoms with Gasteiger partial charge in [-0.25, -0.2) is 0 Å². The van der Waals surface area contributed by atoms with Crippen molar-refractivity contribution in [3.8, 4) is 0 Å². The van der Waals surface area contributed by atoms with Gasteiger partial charge in [0.05, 0.1) is 42.5 Å². The Kier molecular flexibility index (Phi) is 17.0. The van der Waals surface area contributed by atoms with E-state index in [2.05, 4.69) is 0 Å². The van der Waals surface area contributed by atoms with E-state index in [1.165, 1.54) is 39.2 Å². The molecular weight excluding hydrogens is 698 g/mol. The van der Waals surface area contributed by atoms with Crippen LogP contribution >= 0.6 is 0 Å². The smallest absolute Gasteiger partial charge is 0.310 e. The van der Waals surface area contributed by atoms with Crippen molar-refractivity contribution in [3.05, 3.63) is 24.3 Å². The Balaban J connectivity index is 2.04. The van der Waals surface area contributed by atoms with Crippen LogP contribution in [0.3, 0.4) is 0 Å². The molecule has 17 atom stereocenters. The van der Waals surface area contributed by atoms with Crippen LogP contribution in [0.1, 0.15) is 67.2 Å². The van der Waals surface area contributed by atoms with Crippen molar-refractivity contribution in [3.63, 3.8) is 0 Å². The molecule has 3 aliphatic heterocycles. The zero-order valence-corrected chi connectivity index (χ0v) is 32.2. The summed E-state index contributed by atoms with van der Waals surface area (Å²) < 4.78 is 42.0. The first-order valence-electron chi connectivity index (χ1n) is 18.2. The first-order chi connectivity index (χ1) is 24.8. The summed E-state index contributed by atoms with van der Waals surface area (Å²) in [5.74, 6) is -2.73. The second kappa shape index (κ2) is 20.0. The molecule has 0 aromatic carbocycles. The van der Waals surface area contributed by atoms with Gasteiger partial charge in [0.25, 0.3) is 0 Å². The van der Waals surface area contributed by atoms with E-state index in [9.17, 15) is 39.9 Å². The first-order valence-corrected chi connectivity index (χ1v) is 18.2. The molecule has 304 valence electrons. The SMILES string of the molecule is CO[C@@H]1[C@@H](OC2OC(C)C(OC3CC(C)(O)C(O)C(C)O3)C(N(C)C)C2O)[C@@H](CC=O)C[C@@H](C)C(O)/C=C/C=C/C(O)C(C)OC(=O)C[C@H]1OC(C)=O. The van der Waals surface area contributed by atoms with E-state index in [1.54, 1.807) is 45.8 Å². The summed E-state index contributed by atoms with van der Waals surface area (Å²) >= 11 is 0. The summed E-state index contributed by atoms with van der Waals surface area (Å²) in [6, 6.07) is -0.776. The van der Waals surface area contributed by atoms with Gasteiger partial charge in [-0.1, -0.05) is 31.2 Å². The number of allylic oxidation sites excluding steroid dienone is 2. The van der Waals surface area contributed by atoms with Crippen LogP contribution in [-0.2, 0) is 47.5 Å². The first kappa shape index (κ1) is 45.0. The van der Waals surface area contributed by atoms with Gasteiger partial charge >= 0.3 is 11.9 Å². The Morgan fingerprint density at radius 2 is 1.60 bits per heavy atom. The Labute approximate surface area is 311 Å². The van der Waals surface area contributed by atoms with Crippen molar-refractivity contribution in [1.82, 2.24) is 4.90 Å². The molecule has 16 heteroatoms. The van der Waals surface area contributed by atoms with Gasteiger partial charge in [0.15, 0.2) is 12.6 Å². The topological polar surface area (TPSA) is 220 Å². The number of carbonyl (C=O) groups excluding carboxylic acids is 3. The number of rotatable bonds is 9. The van der Waals surface area contributed by atoms with E-state index in [4.69, 9.17) is 33.2 Å². The molecule has 0 aromatic heterocycles. The third-order valence-corrected chi connectivity index (χ3v) is 10.3. The Morgan fingerprint density at radius 1 is 0.962 bits per heavy atom. The Hall–Kier alpha value is -2.35. The molecule has 0 radical (unpaired) electrons. The van der Waals surface area contributed by atoms with Crippen molar-refractivity contribution in [2.75, 3.05) is 21.2 Å². The van der Waals surface area contributed by atoms with Gasteiger partial charge in [-0.05, 0) is 60.0 Å². The van der Waals surface area contributed by atoms with Crippen molar-refractivity contribution in [2.45, 2.75) is 159 Å². The van der Waals surface area contributed by atoms with Gasteiger partial charge in [0, 0.05) is 26.9 Å². The van der Waals surface area contributed by atoms with Crippen LogP contribution in [0, 0.1) is 11.8 Å². The molecular formula is C37H61NO15. The minimum atomic E-state index is -1.49. The number of hydrogen-bond donors (Lipinski definition) is 5. The molecule has 0 aliphatic carbocycles. The Morgan fingerprint density at radius 3 is 2.17 bits per heavy atom. The highest BCUT2D eigenvalue weighted by Gasteiger charge is 2.52. The second-order valence-electron chi connectivity index (χ2n) is 15.0. The van der Waals surface area contributed by atoms with E-state index in [1.807, 2.05) is 0 Å². The molecule has 5 N–H and O–H groups in total. The number of carbonyl (C=O) groups is 3. The number of nitrogens with zero attached hydrogens (tertiary/aromatic N) is 1. The summed E-state index contributed by atoms with van der Waals surface area (Å²) in [6.07, 6.45) is -7.83. The molecule has 0 bridgehead atoms. The maximum atomic E-state index is 13.2. The van der Waals surface area contributed by atoms with Crippen LogP contribution in [0.2, 0.25) is 0 Å². The fourth-order valence-electron chi connectivity index (χ4n) is 7.33. The molecule has 0 spiro atoms. The van der Waals surface area contributed by atoms with Crippen LogP contribution in [0.25, 0.3) is 0 Å². The number of aldehydes is 1. The average molecular weight is 760 g/mol. The number of likely N-dealkylation sites (N-methyl/N-ethyl adjacent to an activating group) is 1. The van der Waals surface area contributed by atoms with E-state index in [-0.39, 0.29) is 19.3 Å². The monoisotopic (exact) mass is 759 g/mol. The maximum Gasteiger partial charge on any atom is 0.310 e. The normalized spacial score (nSPS) is 44.8. The average Bonchev–Trinajstić information content (AvgIpc) is 3.05. The van der Waals surface area contributed by atoms with Crippen molar-refractivity contribution in [2.24, 2.45) is 11.8 Å². The van der Waals surface area contributed by atoms with Crippen LogP contribution in [0.15, 0.2) is 24.3 Å². The van der Waals surface area contributed by atoms with Crippen molar-refractivity contribution < 1.29 is 73.1 Å². The highest BCUT2D eigenvalue weighted by molar-refractivity contribution is 5.72. The maximum absolute atomic E-state index is 13.2. The molecule has 12 unspecified atom stereocenters. The Bertz CT molecular complexity index is 1240. The molecule has 53 heavy (non-hydrogen) atoms. The lowest BCUT2D eigenvalue weighted by molar-refractivity contribution is -0.344. The molecule has 2 fully saturated rings. The van der Waals surface area contributed by atoms with E-state index in [0.29, 0.717) is 6.29 Å². The van der Waals surface area contributed by atoms with Crippen LogP contribution in [0.4, 0.5) is 0 Å². The lowest BCUT2D eigenvalue weighted by Crippen LogP contribution is -2.65. The summed E-state index contributed by atoms with van der Waals surface area (Å²) in [7, 11) is 4.78. The number of aliphatic hydroxyl groups is 5. The molecule has 2 saturated heterocycles. The van der Waals surface area contributed by atoms with Crippen molar-refractivity contribution >= 4 is 18.2 Å². The third kappa shape index (κ3) is 12.1. The molecule has 16 nitrogen and oxygen atoms in total. The molecule has 3 aliphatic rings. The van der Waals surface area contributed by atoms with Crippen LogP contribution < -0.4 is 0 Å². The van der Waals surface area contributed by atoms with Gasteiger partial charge in [-0.15, -0.1) is 0 Å². The molecule has 3 heterocycles. The summed E-state index contributed by atoms with van der Waals surface area (Å²) in [5.41, 5.74) is -1.49. The lowest BCUT2D eigenvalue weighted by atomic mass is 9.82. The highest BCUT2D eigenvalue weighted by atomic mass is 16.7. The third-order valence-electron chi connectivity index (χ3n) is 10.3. The fourth-order valence-corrected chi connectivity index (χ4v) is 7.33. The predicted molar refractivity (Wildman–Crippen MR) is 188 cm³/mol. The van der Waals surface area contributed by atoms with Crippen LogP contribution in [0.5, 0.6) is 0 Å².